The van der Waals surface area contributed by atoms with E-state index in [1.165, 1.54) is 5.56 Å². The normalized spacial score (nSPS) is 24.8. The van der Waals surface area contributed by atoms with Crippen LogP contribution in [0.4, 0.5) is 0 Å². The third kappa shape index (κ3) is 2.29. The van der Waals surface area contributed by atoms with Crippen LogP contribution in [0, 0.1) is 0 Å². The van der Waals surface area contributed by atoms with Crippen LogP contribution in [-0.4, -0.2) is 31.5 Å². The molecule has 0 unspecified atom stereocenters. The summed E-state index contributed by atoms with van der Waals surface area (Å²) in [5.74, 6) is 0.391. The van der Waals surface area contributed by atoms with E-state index in [1.807, 2.05) is 18.2 Å². The summed E-state index contributed by atoms with van der Waals surface area (Å²) in [6, 6.07) is 5.91. The zero-order valence-electron chi connectivity index (χ0n) is 12.4. The van der Waals surface area contributed by atoms with Crippen molar-refractivity contribution in [1.29, 1.82) is 0 Å². The molecule has 3 rings (SSSR count). The summed E-state index contributed by atoms with van der Waals surface area (Å²) in [6.45, 7) is 9.74. The highest BCUT2D eigenvalue weighted by Gasteiger charge is 2.52. The van der Waals surface area contributed by atoms with Gasteiger partial charge in [0.05, 0.1) is 24.4 Å². The van der Waals surface area contributed by atoms with Gasteiger partial charge in [0.15, 0.2) is 0 Å². The molecule has 0 N–H and O–H groups in total. The predicted octanol–water partition coefficient (Wildman–Crippen LogP) is 2.75. The SMILES string of the molecule is CC1(C)OB(c2ccc(Cl)cc2C2COC2)OC1(C)C. The summed E-state index contributed by atoms with van der Waals surface area (Å²) >= 11 is 6.14. The van der Waals surface area contributed by atoms with E-state index in [1.54, 1.807) is 0 Å². The first-order valence-corrected chi connectivity index (χ1v) is 7.41. The van der Waals surface area contributed by atoms with Crippen LogP contribution in [0.25, 0.3) is 0 Å². The monoisotopic (exact) mass is 294 g/mol. The van der Waals surface area contributed by atoms with Crippen LogP contribution >= 0.6 is 11.6 Å². The number of ether oxygens (including phenoxy) is 1. The molecule has 1 aromatic carbocycles. The van der Waals surface area contributed by atoms with Crippen LogP contribution in [0.1, 0.15) is 39.2 Å². The van der Waals surface area contributed by atoms with Crippen molar-refractivity contribution in [2.24, 2.45) is 0 Å². The third-order valence-electron chi connectivity index (χ3n) is 4.63. The molecule has 0 atom stereocenters. The molecule has 0 spiro atoms. The minimum atomic E-state index is -0.340. The molecule has 0 aromatic heterocycles. The van der Waals surface area contributed by atoms with Crippen molar-refractivity contribution < 1.29 is 14.0 Å². The van der Waals surface area contributed by atoms with Gasteiger partial charge in [-0.15, -0.1) is 0 Å². The highest BCUT2D eigenvalue weighted by atomic mass is 35.5. The molecule has 5 heteroatoms. The Hall–Kier alpha value is -0.545. The average Bonchev–Trinajstić information content (AvgIpc) is 2.45. The van der Waals surface area contributed by atoms with Crippen LogP contribution in [0.3, 0.4) is 0 Å². The molecule has 0 aliphatic carbocycles. The Morgan fingerprint density at radius 3 is 2.20 bits per heavy atom. The number of hydrogen-bond donors (Lipinski definition) is 0. The lowest BCUT2D eigenvalue weighted by Crippen LogP contribution is -2.41. The maximum absolute atomic E-state index is 6.14. The standard InChI is InChI=1S/C15H20BClO3/c1-14(2)15(3,4)20-16(19-14)13-6-5-11(17)7-12(13)10-8-18-9-10/h5-7,10H,8-9H2,1-4H3. The van der Waals surface area contributed by atoms with Gasteiger partial charge in [0.2, 0.25) is 0 Å². The molecule has 3 nitrogen and oxygen atoms in total. The Labute approximate surface area is 125 Å². The van der Waals surface area contributed by atoms with E-state index in [0.29, 0.717) is 5.92 Å². The summed E-state index contributed by atoms with van der Waals surface area (Å²) < 4.78 is 17.6. The summed E-state index contributed by atoms with van der Waals surface area (Å²) in [5.41, 5.74) is 1.60. The lowest BCUT2D eigenvalue weighted by molar-refractivity contribution is 0.00578. The van der Waals surface area contributed by atoms with Crippen molar-refractivity contribution >= 4 is 24.2 Å². The largest absolute Gasteiger partial charge is 0.495 e. The van der Waals surface area contributed by atoms with Crippen LogP contribution in [0.5, 0.6) is 0 Å². The maximum Gasteiger partial charge on any atom is 0.495 e. The average molecular weight is 295 g/mol. The highest BCUT2D eigenvalue weighted by molar-refractivity contribution is 6.62. The second-order valence-corrected chi connectivity index (χ2v) is 7.03. The second kappa shape index (κ2) is 4.74. The molecule has 1 aromatic rings. The molecule has 2 heterocycles. The summed E-state index contributed by atoms with van der Waals surface area (Å²) in [5, 5.41) is 0.743. The molecule has 2 saturated heterocycles. The molecule has 2 aliphatic rings. The molecule has 20 heavy (non-hydrogen) atoms. The number of rotatable bonds is 2. The van der Waals surface area contributed by atoms with Crippen LogP contribution in [0.2, 0.25) is 5.02 Å². The zero-order valence-corrected chi connectivity index (χ0v) is 13.2. The molecule has 0 bridgehead atoms. The molecule has 0 radical (unpaired) electrons. The van der Waals surface area contributed by atoms with Crippen LogP contribution in [-0.2, 0) is 14.0 Å². The Morgan fingerprint density at radius 1 is 1.10 bits per heavy atom. The van der Waals surface area contributed by atoms with Gasteiger partial charge in [-0.2, -0.15) is 0 Å². The first kappa shape index (κ1) is 14.4. The van der Waals surface area contributed by atoms with E-state index >= 15 is 0 Å². The van der Waals surface area contributed by atoms with Gasteiger partial charge < -0.3 is 14.0 Å². The highest BCUT2D eigenvalue weighted by Crippen LogP contribution is 2.37. The quantitative estimate of drug-likeness (QED) is 0.785. The Kier molecular flexibility index (Phi) is 3.41. The van der Waals surface area contributed by atoms with Gasteiger partial charge in [-0.05, 0) is 50.9 Å². The lowest BCUT2D eigenvalue weighted by atomic mass is 9.72. The number of benzene rings is 1. The van der Waals surface area contributed by atoms with Crippen molar-refractivity contribution in [1.82, 2.24) is 0 Å². The first-order valence-electron chi connectivity index (χ1n) is 7.03. The summed E-state index contributed by atoms with van der Waals surface area (Å²) in [7, 11) is -0.340. The smallest absolute Gasteiger partial charge is 0.399 e. The van der Waals surface area contributed by atoms with E-state index < -0.39 is 0 Å². The minimum Gasteiger partial charge on any atom is -0.399 e. The second-order valence-electron chi connectivity index (χ2n) is 6.60. The van der Waals surface area contributed by atoms with Gasteiger partial charge in [-0.3, -0.25) is 0 Å². The topological polar surface area (TPSA) is 27.7 Å². The van der Waals surface area contributed by atoms with E-state index in [0.717, 1.165) is 23.7 Å². The molecule has 108 valence electrons. The molecule has 2 fully saturated rings. The van der Waals surface area contributed by atoms with Gasteiger partial charge >= 0.3 is 7.12 Å². The molecular weight excluding hydrogens is 274 g/mol. The molecule has 0 amide bonds. The number of halogens is 1. The van der Waals surface area contributed by atoms with E-state index in [2.05, 4.69) is 27.7 Å². The van der Waals surface area contributed by atoms with Crippen molar-refractivity contribution in [3.8, 4) is 0 Å². The fourth-order valence-corrected chi connectivity index (χ4v) is 2.68. The van der Waals surface area contributed by atoms with Gasteiger partial charge in [0.25, 0.3) is 0 Å². The van der Waals surface area contributed by atoms with Gasteiger partial charge in [-0.1, -0.05) is 17.7 Å². The zero-order chi connectivity index (χ0) is 14.5. The molecular formula is C15H20BClO3. The van der Waals surface area contributed by atoms with Crippen molar-refractivity contribution in [3.05, 3.63) is 28.8 Å². The van der Waals surface area contributed by atoms with E-state index in [4.69, 9.17) is 25.6 Å². The minimum absolute atomic E-state index is 0.329. The van der Waals surface area contributed by atoms with Crippen molar-refractivity contribution in [2.45, 2.75) is 44.8 Å². The summed E-state index contributed by atoms with van der Waals surface area (Å²) in [6.07, 6.45) is 0. The summed E-state index contributed by atoms with van der Waals surface area (Å²) in [4.78, 5) is 0. The third-order valence-corrected chi connectivity index (χ3v) is 4.87. The predicted molar refractivity (Wildman–Crippen MR) is 80.7 cm³/mol. The number of hydrogen-bond acceptors (Lipinski definition) is 3. The van der Waals surface area contributed by atoms with Crippen LogP contribution in [0.15, 0.2) is 18.2 Å². The Bertz CT molecular complexity index is 510. The molecule has 0 saturated carbocycles. The van der Waals surface area contributed by atoms with Crippen LogP contribution < -0.4 is 5.46 Å². The molecule has 2 aliphatic heterocycles. The lowest BCUT2D eigenvalue weighted by Gasteiger charge is -2.32. The van der Waals surface area contributed by atoms with Crippen molar-refractivity contribution in [2.75, 3.05) is 13.2 Å². The first-order chi connectivity index (χ1) is 9.30. The maximum atomic E-state index is 6.14. The van der Waals surface area contributed by atoms with E-state index in [-0.39, 0.29) is 18.3 Å². The van der Waals surface area contributed by atoms with E-state index in [9.17, 15) is 0 Å². The van der Waals surface area contributed by atoms with Gasteiger partial charge in [0, 0.05) is 10.9 Å². The fourth-order valence-electron chi connectivity index (χ4n) is 2.50. The fraction of sp³-hybridized carbons (Fsp3) is 0.600. The Balaban J connectivity index is 1.95. The Morgan fingerprint density at radius 2 is 1.70 bits per heavy atom. The van der Waals surface area contributed by atoms with Gasteiger partial charge in [0.1, 0.15) is 0 Å². The van der Waals surface area contributed by atoms with Crippen molar-refractivity contribution in [3.63, 3.8) is 0 Å². The van der Waals surface area contributed by atoms with Gasteiger partial charge in [-0.25, -0.2) is 0 Å².